The molecule has 2 aliphatic rings. The molecule has 0 N–H and O–H groups in total. The van der Waals surface area contributed by atoms with Crippen molar-refractivity contribution in [3.8, 4) is 0 Å². The highest BCUT2D eigenvalue weighted by molar-refractivity contribution is 5.41. The van der Waals surface area contributed by atoms with Crippen molar-refractivity contribution in [2.75, 3.05) is 13.1 Å². The van der Waals surface area contributed by atoms with Crippen molar-refractivity contribution in [3.63, 3.8) is 0 Å². The predicted molar refractivity (Wildman–Crippen MR) is 56.1 cm³/mol. The van der Waals surface area contributed by atoms with Crippen LogP contribution in [0.3, 0.4) is 0 Å². The highest BCUT2D eigenvalue weighted by atomic mass is 16.5. The lowest BCUT2D eigenvalue weighted by Crippen LogP contribution is -2.35. The summed E-state index contributed by atoms with van der Waals surface area (Å²) in [6.07, 6.45) is 10.9. The van der Waals surface area contributed by atoms with E-state index < -0.39 is 0 Å². The fourth-order valence-electron chi connectivity index (χ4n) is 2.90. The van der Waals surface area contributed by atoms with Gasteiger partial charge in [-0.25, -0.2) is 0 Å². The predicted octanol–water partition coefficient (Wildman–Crippen LogP) is 1.71. The second kappa shape index (κ2) is 3.45. The first-order valence-electron chi connectivity index (χ1n) is 5.60. The van der Waals surface area contributed by atoms with Crippen LogP contribution < -0.4 is 0 Å². The normalized spacial score (nSPS) is 25.1. The Bertz CT molecular complexity index is 348. The zero-order chi connectivity index (χ0) is 10.1. The third-order valence-electron chi connectivity index (χ3n) is 3.62. The minimum absolute atomic E-state index is 0.300. The molecular formula is C11H15N3O. The summed E-state index contributed by atoms with van der Waals surface area (Å²) in [5, 5.41) is 3.60. The van der Waals surface area contributed by atoms with Gasteiger partial charge in [0.2, 0.25) is 5.89 Å². The number of rotatable bonds is 2. The van der Waals surface area contributed by atoms with Crippen molar-refractivity contribution in [2.24, 2.45) is 0 Å². The molecule has 0 radical (unpaired) electrons. The van der Waals surface area contributed by atoms with Gasteiger partial charge in [0.05, 0.1) is 0 Å². The monoisotopic (exact) mass is 205 g/mol. The Balaban J connectivity index is 1.81. The van der Waals surface area contributed by atoms with E-state index >= 15 is 0 Å². The Morgan fingerprint density at radius 1 is 1.33 bits per heavy atom. The second-order valence-electron chi connectivity index (χ2n) is 4.41. The number of hydrogen-bond acceptors (Lipinski definition) is 4. The van der Waals surface area contributed by atoms with Crippen molar-refractivity contribution in [1.82, 2.24) is 15.0 Å². The molecule has 4 nitrogen and oxygen atoms in total. The molecule has 0 spiro atoms. The summed E-state index contributed by atoms with van der Waals surface area (Å²) in [5.74, 6) is 0.614. The van der Waals surface area contributed by atoms with Gasteiger partial charge in [-0.3, -0.25) is 4.90 Å². The SMILES string of the molecule is C(=CC12CCCN1CCC2)c1ncno1. The Kier molecular flexibility index (Phi) is 2.09. The minimum Gasteiger partial charge on any atom is -0.335 e. The zero-order valence-corrected chi connectivity index (χ0v) is 8.72. The minimum atomic E-state index is 0.300. The highest BCUT2D eigenvalue weighted by Gasteiger charge is 2.41. The molecule has 0 aromatic carbocycles. The molecule has 2 aliphatic heterocycles. The molecule has 4 heteroatoms. The van der Waals surface area contributed by atoms with Crippen LogP contribution in [0.4, 0.5) is 0 Å². The Morgan fingerprint density at radius 3 is 2.80 bits per heavy atom. The van der Waals surface area contributed by atoms with E-state index in [1.807, 2.05) is 6.08 Å². The molecule has 0 unspecified atom stereocenters. The zero-order valence-electron chi connectivity index (χ0n) is 8.72. The van der Waals surface area contributed by atoms with Gasteiger partial charge in [-0.15, -0.1) is 0 Å². The Morgan fingerprint density at radius 2 is 2.13 bits per heavy atom. The summed E-state index contributed by atoms with van der Waals surface area (Å²) < 4.78 is 4.97. The van der Waals surface area contributed by atoms with E-state index in [0.717, 1.165) is 0 Å². The molecule has 0 aliphatic carbocycles. The smallest absolute Gasteiger partial charge is 0.250 e. The lowest BCUT2D eigenvalue weighted by Gasteiger charge is -2.28. The van der Waals surface area contributed by atoms with E-state index in [1.165, 1.54) is 45.1 Å². The topological polar surface area (TPSA) is 42.2 Å². The molecule has 15 heavy (non-hydrogen) atoms. The lowest BCUT2D eigenvalue weighted by atomic mass is 9.93. The van der Waals surface area contributed by atoms with Gasteiger partial charge >= 0.3 is 0 Å². The van der Waals surface area contributed by atoms with Gasteiger partial charge in [0.1, 0.15) is 0 Å². The first kappa shape index (κ1) is 9.09. The largest absolute Gasteiger partial charge is 0.335 e. The van der Waals surface area contributed by atoms with E-state index in [0.29, 0.717) is 11.4 Å². The number of hydrogen-bond donors (Lipinski definition) is 0. The number of fused-ring (bicyclic) bond motifs is 1. The van der Waals surface area contributed by atoms with E-state index in [4.69, 9.17) is 4.52 Å². The van der Waals surface area contributed by atoms with Crippen LogP contribution in [0.25, 0.3) is 6.08 Å². The number of aromatic nitrogens is 2. The van der Waals surface area contributed by atoms with Crippen LogP contribution in [0.15, 0.2) is 16.9 Å². The molecule has 1 aromatic rings. The molecule has 80 valence electrons. The standard InChI is InChI=1S/C11H15N3O/c1-4-11(5-2-8-14(11)7-1)6-3-10-12-9-13-15-10/h3,6,9H,1-2,4-5,7-8H2. The van der Waals surface area contributed by atoms with Crippen molar-refractivity contribution in [3.05, 3.63) is 18.3 Å². The van der Waals surface area contributed by atoms with Gasteiger partial charge in [-0.1, -0.05) is 11.2 Å². The van der Waals surface area contributed by atoms with Crippen molar-refractivity contribution >= 4 is 6.08 Å². The lowest BCUT2D eigenvalue weighted by molar-refractivity contribution is 0.251. The molecule has 2 fully saturated rings. The summed E-state index contributed by atoms with van der Waals surface area (Å²) in [7, 11) is 0. The van der Waals surface area contributed by atoms with Gasteiger partial charge < -0.3 is 4.52 Å². The van der Waals surface area contributed by atoms with Crippen molar-refractivity contribution in [1.29, 1.82) is 0 Å². The molecule has 3 rings (SSSR count). The third-order valence-corrected chi connectivity index (χ3v) is 3.62. The average Bonchev–Trinajstić information content (AvgIpc) is 2.91. The second-order valence-corrected chi connectivity index (χ2v) is 4.41. The van der Waals surface area contributed by atoms with E-state index in [2.05, 4.69) is 21.1 Å². The van der Waals surface area contributed by atoms with Gasteiger partial charge in [-0.2, -0.15) is 4.98 Å². The van der Waals surface area contributed by atoms with Crippen LogP contribution in [-0.2, 0) is 0 Å². The van der Waals surface area contributed by atoms with Gasteiger partial charge in [-0.05, 0) is 38.8 Å². The highest BCUT2D eigenvalue weighted by Crippen LogP contribution is 2.40. The van der Waals surface area contributed by atoms with Crippen molar-refractivity contribution < 1.29 is 4.52 Å². The molecular weight excluding hydrogens is 190 g/mol. The van der Waals surface area contributed by atoms with Crippen LogP contribution in [0, 0.1) is 0 Å². The Hall–Kier alpha value is -1.16. The van der Waals surface area contributed by atoms with Crippen LogP contribution >= 0.6 is 0 Å². The molecule has 0 atom stereocenters. The van der Waals surface area contributed by atoms with Gasteiger partial charge in [0.25, 0.3) is 0 Å². The summed E-state index contributed by atoms with van der Waals surface area (Å²) in [5.41, 5.74) is 0.300. The maximum absolute atomic E-state index is 4.97. The molecule has 2 saturated heterocycles. The quantitative estimate of drug-likeness (QED) is 0.737. The summed E-state index contributed by atoms with van der Waals surface area (Å²) in [6.45, 7) is 2.49. The molecule has 3 heterocycles. The first-order chi connectivity index (χ1) is 7.39. The summed E-state index contributed by atoms with van der Waals surface area (Å²) in [6, 6.07) is 0. The van der Waals surface area contributed by atoms with Crippen LogP contribution in [0.5, 0.6) is 0 Å². The number of nitrogens with zero attached hydrogens (tertiary/aromatic N) is 3. The summed E-state index contributed by atoms with van der Waals surface area (Å²) >= 11 is 0. The molecule has 0 saturated carbocycles. The molecule has 0 amide bonds. The van der Waals surface area contributed by atoms with Gasteiger partial charge in [0, 0.05) is 11.6 Å². The van der Waals surface area contributed by atoms with E-state index in [1.54, 1.807) is 0 Å². The van der Waals surface area contributed by atoms with Crippen LogP contribution in [0.1, 0.15) is 31.6 Å². The molecule has 0 bridgehead atoms. The van der Waals surface area contributed by atoms with Crippen LogP contribution in [0.2, 0.25) is 0 Å². The third kappa shape index (κ3) is 1.49. The van der Waals surface area contributed by atoms with E-state index in [-0.39, 0.29) is 0 Å². The maximum Gasteiger partial charge on any atom is 0.250 e. The Labute approximate surface area is 89.0 Å². The van der Waals surface area contributed by atoms with Crippen molar-refractivity contribution in [2.45, 2.75) is 31.2 Å². The van der Waals surface area contributed by atoms with E-state index in [9.17, 15) is 0 Å². The van der Waals surface area contributed by atoms with Gasteiger partial charge in [0.15, 0.2) is 6.33 Å². The van der Waals surface area contributed by atoms with Crippen LogP contribution in [-0.4, -0.2) is 33.7 Å². The fourth-order valence-corrected chi connectivity index (χ4v) is 2.90. The first-order valence-corrected chi connectivity index (χ1v) is 5.60. The maximum atomic E-state index is 4.97. The average molecular weight is 205 g/mol. The summed E-state index contributed by atoms with van der Waals surface area (Å²) in [4.78, 5) is 6.59. The fraction of sp³-hybridized carbons (Fsp3) is 0.636. The molecule has 1 aromatic heterocycles.